The average molecular weight is 607 g/mol. The predicted molar refractivity (Wildman–Crippen MR) is 158 cm³/mol. The monoisotopic (exact) mass is 605 g/mol. The highest BCUT2D eigenvalue weighted by atomic mass is 35.5. The summed E-state index contributed by atoms with van der Waals surface area (Å²) in [6.07, 6.45) is 0. The van der Waals surface area contributed by atoms with Crippen molar-refractivity contribution >= 4 is 50.7 Å². The second-order valence-electron chi connectivity index (χ2n) is 9.62. The summed E-state index contributed by atoms with van der Waals surface area (Å²) in [4.78, 5) is 28.2. The lowest BCUT2D eigenvalue weighted by molar-refractivity contribution is -0.139. The van der Waals surface area contributed by atoms with Crippen LogP contribution in [0.1, 0.15) is 31.9 Å². The minimum atomic E-state index is -4.19. The van der Waals surface area contributed by atoms with Gasteiger partial charge in [-0.25, -0.2) is 8.42 Å². The van der Waals surface area contributed by atoms with Crippen molar-refractivity contribution in [3.8, 4) is 5.75 Å². The fraction of sp³-hybridized carbons (Fsp3) is 0.310. The Bertz CT molecular complexity index is 1450. The van der Waals surface area contributed by atoms with Crippen LogP contribution in [0, 0.1) is 6.92 Å². The summed E-state index contributed by atoms with van der Waals surface area (Å²) in [7, 11) is -2.70. The van der Waals surface area contributed by atoms with E-state index in [0.717, 1.165) is 9.87 Å². The molecule has 0 aliphatic carbocycles. The van der Waals surface area contributed by atoms with E-state index in [2.05, 4.69) is 5.32 Å². The van der Waals surface area contributed by atoms with Crippen molar-refractivity contribution in [1.29, 1.82) is 0 Å². The first-order valence-electron chi connectivity index (χ1n) is 12.6. The highest BCUT2D eigenvalue weighted by Crippen LogP contribution is 2.27. The zero-order valence-electron chi connectivity index (χ0n) is 23.0. The lowest BCUT2D eigenvalue weighted by Crippen LogP contribution is -2.52. The highest BCUT2D eigenvalue weighted by molar-refractivity contribution is 7.92. The van der Waals surface area contributed by atoms with Crippen molar-refractivity contribution in [3.05, 3.63) is 87.9 Å². The molecule has 0 fully saturated rings. The van der Waals surface area contributed by atoms with Crippen molar-refractivity contribution in [3.63, 3.8) is 0 Å². The van der Waals surface area contributed by atoms with Gasteiger partial charge in [0, 0.05) is 22.6 Å². The molecule has 0 aliphatic rings. The van der Waals surface area contributed by atoms with Crippen LogP contribution in [0.3, 0.4) is 0 Å². The molecule has 0 spiro atoms. The third-order valence-corrected chi connectivity index (χ3v) is 8.58. The van der Waals surface area contributed by atoms with Gasteiger partial charge < -0.3 is 15.0 Å². The molecular weight excluding hydrogens is 573 g/mol. The first kappa shape index (κ1) is 31.3. The molecule has 0 heterocycles. The van der Waals surface area contributed by atoms with E-state index < -0.39 is 28.5 Å². The van der Waals surface area contributed by atoms with E-state index in [1.807, 2.05) is 20.8 Å². The van der Waals surface area contributed by atoms with Crippen LogP contribution in [0.5, 0.6) is 5.75 Å². The summed E-state index contributed by atoms with van der Waals surface area (Å²) in [5.74, 6) is -0.476. The van der Waals surface area contributed by atoms with Gasteiger partial charge in [-0.3, -0.25) is 13.9 Å². The van der Waals surface area contributed by atoms with Gasteiger partial charge in [0.2, 0.25) is 11.8 Å². The summed E-state index contributed by atoms with van der Waals surface area (Å²) in [6.45, 7) is 6.51. The van der Waals surface area contributed by atoms with Crippen LogP contribution in [0.4, 0.5) is 5.69 Å². The van der Waals surface area contributed by atoms with E-state index in [9.17, 15) is 18.0 Å². The molecule has 11 heteroatoms. The van der Waals surface area contributed by atoms with Gasteiger partial charge in [0.05, 0.1) is 17.7 Å². The number of nitrogens with zero attached hydrogens (tertiary/aromatic N) is 2. The SMILES string of the molecule is COc1ccc(S(=O)(=O)N(CC(=O)N(Cc2ccc(Cl)cc2Cl)C(C)C(=O)NC(C)C)c2ccc(C)cc2)cc1. The molecule has 0 aliphatic heterocycles. The molecule has 0 radical (unpaired) electrons. The van der Waals surface area contributed by atoms with Crippen LogP contribution in [0.25, 0.3) is 0 Å². The zero-order chi connectivity index (χ0) is 29.6. The van der Waals surface area contributed by atoms with Crippen LogP contribution >= 0.6 is 23.2 Å². The summed E-state index contributed by atoms with van der Waals surface area (Å²) >= 11 is 12.5. The fourth-order valence-corrected chi connectivity index (χ4v) is 5.82. The summed E-state index contributed by atoms with van der Waals surface area (Å²) in [6, 6.07) is 16.5. The lowest BCUT2D eigenvalue weighted by atomic mass is 10.1. The van der Waals surface area contributed by atoms with Crippen LogP contribution in [0.2, 0.25) is 10.0 Å². The number of methoxy groups -OCH3 is 1. The quantitative estimate of drug-likeness (QED) is 0.313. The van der Waals surface area contributed by atoms with Crippen molar-refractivity contribution in [2.24, 2.45) is 0 Å². The molecular formula is C29H33Cl2N3O5S. The number of hydrogen-bond acceptors (Lipinski definition) is 5. The lowest BCUT2D eigenvalue weighted by Gasteiger charge is -2.32. The Morgan fingerprint density at radius 1 is 0.950 bits per heavy atom. The minimum Gasteiger partial charge on any atom is -0.497 e. The maximum Gasteiger partial charge on any atom is 0.264 e. The molecule has 1 N–H and O–H groups in total. The van der Waals surface area contributed by atoms with Crippen molar-refractivity contribution in [2.45, 2.75) is 51.2 Å². The first-order valence-corrected chi connectivity index (χ1v) is 14.8. The predicted octanol–water partition coefficient (Wildman–Crippen LogP) is 5.45. The molecule has 1 unspecified atom stereocenters. The number of hydrogen-bond donors (Lipinski definition) is 1. The second kappa shape index (κ2) is 13.4. The van der Waals surface area contributed by atoms with E-state index >= 15 is 0 Å². The largest absolute Gasteiger partial charge is 0.497 e. The van der Waals surface area contributed by atoms with E-state index in [-0.39, 0.29) is 23.4 Å². The average Bonchev–Trinajstić information content (AvgIpc) is 2.91. The van der Waals surface area contributed by atoms with Gasteiger partial charge in [-0.1, -0.05) is 47.0 Å². The number of halogens is 2. The van der Waals surface area contributed by atoms with Crippen LogP contribution in [-0.4, -0.2) is 50.9 Å². The van der Waals surface area contributed by atoms with Crippen molar-refractivity contribution < 1.29 is 22.7 Å². The van der Waals surface area contributed by atoms with Crippen molar-refractivity contribution in [1.82, 2.24) is 10.2 Å². The smallest absolute Gasteiger partial charge is 0.264 e. The van der Waals surface area contributed by atoms with Crippen LogP contribution in [0.15, 0.2) is 71.6 Å². The number of carbonyl (C=O) groups is 2. The molecule has 40 heavy (non-hydrogen) atoms. The molecule has 2 amide bonds. The number of anilines is 1. The summed E-state index contributed by atoms with van der Waals surface area (Å²) < 4.78 is 33.9. The molecule has 0 saturated carbocycles. The van der Waals surface area contributed by atoms with E-state index in [0.29, 0.717) is 27.0 Å². The summed E-state index contributed by atoms with van der Waals surface area (Å²) in [5.41, 5.74) is 1.79. The number of carbonyl (C=O) groups excluding carboxylic acids is 2. The van der Waals surface area contributed by atoms with Gasteiger partial charge >= 0.3 is 0 Å². The van der Waals surface area contributed by atoms with Gasteiger partial charge in [0.1, 0.15) is 18.3 Å². The van der Waals surface area contributed by atoms with Gasteiger partial charge in [-0.15, -0.1) is 0 Å². The number of nitrogens with one attached hydrogen (secondary N) is 1. The molecule has 1 atom stereocenters. The normalized spacial score (nSPS) is 12.1. The maximum atomic E-state index is 13.9. The van der Waals surface area contributed by atoms with E-state index in [1.165, 1.54) is 36.3 Å². The Kier molecular flexibility index (Phi) is 10.5. The Morgan fingerprint density at radius 3 is 2.12 bits per heavy atom. The van der Waals surface area contributed by atoms with Gasteiger partial charge in [-0.05, 0) is 81.8 Å². The van der Waals surface area contributed by atoms with Gasteiger partial charge in [0.15, 0.2) is 0 Å². The molecule has 8 nitrogen and oxygen atoms in total. The molecule has 0 aromatic heterocycles. The molecule has 3 aromatic carbocycles. The number of benzene rings is 3. The van der Waals surface area contributed by atoms with Crippen LogP contribution < -0.4 is 14.4 Å². The Balaban J connectivity index is 2.05. The number of amides is 2. The Morgan fingerprint density at radius 2 is 1.57 bits per heavy atom. The Labute approximate surface area is 245 Å². The summed E-state index contributed by atoms with van der Waals surface area (Å²) in [5, 5.41) is 3.56. The number of ether oxygens (including phenoxy) is 1. The molecule has 0 saturated heterocycles. The van der Waals surface area contributed by atoms with Gasteiger partial charge in [0.25, 0.3) is 10.0 Å². The topological polar surface area (TPSA) is 96.0 Å². The number of rotatable bonds is 11. The Hall–Kier alpha value is -3.27. The van der Waals surface area contributed by atoms with Gasteiger partial charge in [-0.2, -0.15) is 0 Å². The second-order valence-corrected chi connectivity index (χ2v) is 12.3. The minimum absolute atomic E-state index is 0.0143. The van der Waals surface area contributed by atoms with E-state index in [4.69, 9.17) is 27.9 Å². The number of sulfonamides is 1. The molecule has 0 bridgehead atoms. The van der Waals surface area contributed by atoms with Crippen molar-refractivity contribution in [2.75, 3.05) is 18.0 Å². The fourth-order valence-electron chi connectivity index (χ4n) is 3.94. The maximum absolute atomic E-state index is 13.9. The number of aryl methyl sites for hydroxylation is 1. The zero-order valence-corrected chi connectivity index (χ0v) is 25.3. The molecule has 3 rings (SSSR count). The molecule has 214 valence electrons. The third-order valence-electron chi connectivity index (χ3n) is 6.20. The third kappa shape index (κ3) is 7.68. The highest BCUT2D eigenvalue weighted by Gasteiger charge is 2.33. The van der Waals surface area contributed by atoms with Crippen LogP contribution in [-0.2, 0) is 26.2 Å². The molecule has 3 aromatic rings. The standard InChI is InChI=1S/C29H33Cl2N3O5S/c1-19(2)32-29(36)21(4)33(17-22-8-9-23(30)16-27(22)31)28(35)18-34(24-10-6-20(3)7-11-24)40(37,38)26-14-12-25(39-5)13-15-26/h6-16,19,21H,17-18H2,1-5H3,(H,32,36). The first-order chi connectivity index (χ1) is 18.8. The van der Waals surface area contributed by atoms with E-state index in [1.54, 1.807) is 49.4 Å².